The zero-order chi connectivity index (χ0) is 19.4. The Kier molecular flexibility index (Phi) is 5.43. The van der Waals surface area contributed by atoms with E-state index in [0.29, 0.717) is 5.56 Å². The summed E-state index contributed by atoms with van der Waals surface area (Å²) in [6, 6.07) is 15.8. The Morgan fingerprint density at radius 3 is 2.67 bits per heavy atom. The van der Waals surface area contributed by atoms with Crippen LogP contribution >= 0.6 is 0 Å². The van der Waals surface area contributed by atoms with Gasteiger partial charge in [0.25, 0.3) is 0 Å². The van der Waals surface area contributed by atoms with Crippen LogP contribution in [0.15, 0.2) is 48.5 Å². The second-order valence-electron chi connectivity index (χ2n) is 6.28. The molecule has 2 aromatic carbocycles. The number of hydrogen-bond donors (Lipinski definition) is 3. The second-order valence-corrected chi connectivity index (χ2v) is 6.28. The number of benzene rings is 2. The summed E-state index contributed by atoms with van der Waals surface area (Å²) in [5.74, 6) is -2.76. The fourth-order valence-corrected chi connectivity index (χ4v) is 3.09. The first-order valence-corrected chi connectivity index (χ1v) is 8.43. The van der Waals surface area contributed by atoms with Gasteiger partial charge >= 0.3 is 13.1 Å². The van der Waals surface area contributed by atoms with Gasteiger partial charge in [-0.1, -0.05) is 42.5 Å². The summed E-state index contributed by atoms with van der Waals surface area (Å²) in [7, 11) is -1.38. The number of nitriles is 1. The van der Waals surface area contributed by atoms with Crippen molar-refractivity contribution in [3.8, 4) is 11.8 Å². The summed E-state index contributed by atoms with van der Waals surface area (Å²) in [6.07, 6.45) is 0.178. The van der Waals surface area contributed by atoms with Crippen molar-refractivity contribution >= 4 is 19.0 Å². The highest BCUT2D eigenvalue weighted by Gasteiger charge is 2.37. The van der Waals surface area contributed by atoms with Crippen LogP contribution in [-0.2, 0) is 11.2 Å². The number of amides is 1. The molecule has 1 amide bonds. The van der Waals surface area contributed by atoms with Gasteiger partial charge in [-0.2, -0.15) is 5.26 Å². The van der Waals surface area contributed by atoms with Crippen LogP contribution in [0.25, 0.3) is 0 Å². The van der Waals surface area contributed by atoms with Crippen LogP contribution in [0.4, 0.5) is 0 Å². The number of carboxylic acid groups (broad SMARTS) is 1. The molecule has 0 saturated carbocycles. The third-order valence-corrected chi connectivity index (χ3v) is 4.44. The van der Waals surface area contributed by atoms with Crippen molar-refractivity contribution in [3.63, 3.8) is 0 Å². The van der Waals surface area contributed by atoms with Crippen LogP contribution in [0.5, 0.6) is 5.75 Å². The minimum absolute atomic E-state index is 0.0371. The number of para-hydroxylation sites is 1. The number of carboxylic acids is 1. The first-order chi connectivity index (χ1) is 13.0. The van der Waals surface area contributed by atoms with Crippen molar-refractivity contribution in [1.82, 2.24) is 5.32 Å². The maximum Gasteiger partial charge on any atom is 0.547 e. The minimum atomic E-state index is -1.38. The molecule has 27 heavy (non-hydrogen) atoms. The number of hydrogen-bond acceptors (Lipinski definition) is 5. The van der Waals surface area contributed by atoms with Crippen LogP contribution < -0.4 is 9.97 Å². The lowest BCUT2D eigenvalue weighted by atomic mass is 9.72. The van der Waals surface area contributed by atoms with Gasteiger partial charge in [0.2, 0.25) is 5.91 Å². The largest absolute Gasteiger partial charge is 0.547 e. The first kappa shape index (κ1) is 18.5. The number of nitrogens with zero attached hydrogens (tertiary/aromatic N) is 1. The standard InChI is InChI=1S/C19H17BN2O5/c21-11-14(12-5-2-1-3-6-12)10-17(23)22-16-9-13-7-4-8-15(19(24)25)18(13)27-20(16)26/h1-8,14,16,26H,9-10H2,(H,22,23)(H,24,25)/t14?,16-/m0/s1. The molecule has 0 aromatic heterocycles. The van der Waals surface area contributed by atoms with E-state index >= 15 is 0 Å². The average Bonchev–Trinajstić information content (AvgIpc) is 2.66. The van der Waals surface area contributed by atoms with E-state index in [0.717, 1.165) is 5.56 Å². The zero-order valence-corrected chi connectivity index (χ0v) is 14.3. The Morgan fingerprint density at radius 1 is 1.26 bits per heavy atom. The van der Waals surface area contributed by atoms with Crippen molar-refractivity contribution in [2.45, 2.75) is 24.7 Å². The van der Waals surface area contributed by atoms with Gasteiger partial charge in [-0.3, -0.25) is 4.79 Å². The Hall–Kier alpha value is -3.31. The molecule has 8 heteroatoms. The predicted octanol–water partition coefficient (Wildman–Crippen LogP) is 1.52. The predicted molar refractivity (Wildman–Crippen MR) is 97.0 cm³/mol. The van der Waals surface area contributed by atoms with Crippen molar-refractivity contribution in [1.29, 1.82) is 5.26 Å². The molecule has 2 atom stereocenters. The number of carbonyl (C=O) groups excluding carboxylic acids is 1. The van der Waals surface area contributed by atoms with Crippen molar-refractivity contribution in [2.24, 2.45) is 0 Å². The summed E-state index contributed by atoms with van der Waals surface area (Å²) in [6.45, 7) is 0. The van der Waals surface area contributed by atoms with Gasteiger partial charge in [0, 0.05) is 6.42 Å². The molecule has 3 N–H and O–H groups in total. The van der Waals surface area contributed by atoms with Crippen LogP contribution in [0.3, 0.4) is 0 Å². The van der Waals surface area contributed by atoms with E-state index in [2.05, 4.69) is 11.4 Å². The molecular weight excluding hydrogens is 347 g/mol. The number of carbonyl (C=O) groups is 2. The van der Waals surface area contributed by atoms with Gasteiger partial charge in [0.15, 0.2) is 0 Å². The normalized spacial score (nSPS) is 16.4. The Balaban J connectivity index is 1.69. The highest BCUT2D eigenvalue weighted by molar-refractivity contribution is 6.47. The fraction of sp³-hybridized carbons (Fsp3) is 0.211. The van der Waals surface area contributed by atoms with Crippen molar-refractivity contribution < 1.29 is 24.4 Å². The summed E-state index contributed by atoms with van der Waals surface area (Å²) < 4.78 is 5.35. The zero-order valence-electron chi connectivity index (χ0n) is 14.3. The third kappa shape index (κ3) is 4.10. The molecule has 0 spiro atoms. The minimum Gasteiger partial charge on any atom is -0.534 e. The first-order valence-electron chi connectivity index (χ1n) is 8.43. The molecule has 1 unspecified atom stereocenters. The van der Waals surface area contributed by atoms with Gasteiger partial charge in [0.05, 0.1) is 23.5 Å². The van der Waals surface area contributed by atoms with Crippen LogP contribution in [0.2, 0.25) is 0 Å². The highest BCUT2D eigenvalue weighted by atomic mass is 16.5. The molecule has 0 bridgehead atoms. The smallest absolute Gasteiger partial charge is 0.534 e. The molecule has 1 aliphatic rings. The van der Waals surface area contributed by atoms with Crippen molar-refractivity contribution in [3.05, 3.63) is 65.2 Å². The highest BCUT2D eigenvalue weighted by Crippen LogP contribution is 2.30. The number of nitrogens with one attached hydrogen (secondary N) is 1. The molecule has 0 aliphatic carbocycles. The molecule has 0 fully saturated rings. The van der Waals surface area contributed by atoms with Crippen LogP contribution in [-0.4, -0.2) is 35.1 Å². The van der Waals surface area contributed by atoms with Gasteiger partial charge in [-0.05, 0) is 23.6 Å². The van der Waals surface area contributed by atoms with E-state index in [4.69, 9.17) is 4.65 Å². The van der Waals surface area contributed by atoms with Crippen LogP contribution in [0, 0.1) is 11.3 Å². The van der Waals surface area contributed by atoms with E-state index < -0.39 is 30.9 Å². The maximum atomic E-state index is 12.4. The lowest BCUT2D eigenvalue weighted by Gasteiger charge is -2.29. The second kappa shape index (κ2) is 7.93. The van der Waals surface area contributed by atoms with Crippen LogP contribution in [0.1, 0.15) is 33.8 Å². The van der Waals surface area contributed by atoms with E-state index in [1.165, 1.54) is 6.07 Å². The summed E-state index contributed by atoms with van der Waals surface area (Å²) in [5, 5.41) is 31.4. The number of fused-ring (bicyclic) bond motifs is 1. The van der Waals surface area contributed by atoms with E-state index in [9.17, 15) is 25.0 Å². The van der Waals surface area contributed by atoms with Gasteiger partial charge in [-0.25, -0.2) is 4.79 Å². The maximum absolute atomic E-state index is 12.4. The molecule has 2 aromatic rings. The SMILES string of the molecule is N#CC(CC(=O)N[C@H]1Cc2cccc(C(=O)O)c2OB1O)c1ccccc1. The Labute approximate surface area is 156 Å². The van der Waals surface area contributed by atoms with E-state index in [1.807, 2.05) is 6.07 Å². The van der Waals surface area contributed by atoms with E-state index in [-0.39, 0.29) is 24.2 Å². The summed E-state index contributed by atoms with van der Waals surface area (Å²) >= 11 is 0. The lowest BCUT2D eigenvalue weighted by molar-refractivity contribution is -0.121. The Morgan fingerprint density at radius 2 is 2.00 bits per heavy atom. The van der Waals surface area contributed by atoms with Gasteiger partial charge in [-0.15, -0.1) is 0 Å². The lowest BCUT2D eigenvalue weighted by Crippen LogP contribution is -2.53. The topological polar surface area (TPSA) is 120 Å². The Bertz CT molecular complexity index is 897. The third-order valence-electron chi connectivity index (χ3n) is 4.44. The number of aromatic carboxylic acids is 1. The molecule has 1 aliphatic heterocycles. The molecular formula is C19H17BN2O5. The monoisotopic (exact) mass is 364 g/mol. The van der Waals surface area contributed by atoms with Gasteiger partial charge < -0.3 is 20.1 Å². The summed E-state index contributed by atoms with van der Waals surface area (Å²) in [4.78, 5) is 23.6. The molecule has 136 valence electrons. The molecule has 0 radical (unpaired) electrons. The fourth-order valence-electron chi connectivity index (χ4n) is 3.09. The quantitative estimate of drug-likeness (QED) is 0.692. The van der Waals surface area contributed by atoms with Gasteiger partial charge in [0.1, 0.15) is 5.75 Å². The molecule has 7 nitrogen and oxygen atoms in total. The molecule has 1 heterocycles. The van der Waals surface area contributed by atoms with Crippen molar-refractivity contribution in [2.75, 3.05) is 0 Å². The number of rotatable bonds is 5. The summed E-state index contributed by atoms with van der Waals surface area (Å²) in [5.41, 5.74) is 1.29. The molecule has 0 saturated heterocycles. The molecule has 3 rings (SSSR count). The average molecular weight is 364 g/mol. The van der Waals surface area contributed by atoms with E-state index in [1.54, 1.807) is 36.4 Å².